The Labute approximate surface area is 187 Å². The van der Waals surface area contributed by atoms with Gasteiger partial charge >= 0.3 is 6.18 Å². The Morgan fingerprint density at radius 3 is 2.48 bits per heavy atom. The van der Waals surface area contributed by atoms with Crippen molar-refractivity contribution in [3.63, 3.8) is 0 Å². The van der Waals surface area contributed by atoms with E-state index >= 15 is 0 Å². The molecule has 0 unspecified atom stereocenters. The first-order valence-electron chi connectivity index (χ1n) is 8.51. The topological polar surface area (TPSA) is 95.7 Å². The molecular weight excluding hydrogens is 476 g/mol. The molecule has 2 aromatic heterocycles. The molecule has 0 aliphatic heterocycles. The minimum atomic E-state index is -4.41. The predicted octanol–water partition coefficient (Wildman–Crippen LogP) is 5.33. The number of rotatable bonds is 5. The summed E-state index contributed by atoms with van der Waals surface area (Å²) in [5.74, 6) is 7.06. The number of hydrogen-bond acceptors (Lipinski definition) is 7. The van der Waals surface area contributed by atoms with E-state index in [0.717, 1.165) is 12.1 Å². The van der Waals surface area contributed by atoms with Crippen LogP contribution in [0.5, 0.6) is 0 Å². The van der Waals surface area contributed by atoms with Gasteiger partial charge in [0.1, 0.15) is 0 Å². The molecule has 0 bridgehead atoms. The van der Waals surface area contributed by atoms with Gasteiger partial charge in [0, 0.05) is 16.1 Å². The molecule has 0 aliphatic carbocycles. The number of alkyl halides is 3. The van der Waals surface area contributed by atoms with Crippen LogP contribution >= 0.6 is 35.0 Å². The Kier molecular flexibility index (Phi) is 5.82. The first-order valence-corrected chi connectivity index (χ1v) is 10.3. The van der Waals surface area contributed by atoms with Gasteiger partial charge in [0.05, 0.1) is 16.3 Å². The largest absolute Gasteiger partial charge is 0.416 e. The highest BCUT2D eigenvalue weighted by Gasteiger charge is 2.30. The molecule has 0 aliphatic rings. The fraction of sp³-hybridized carbons (Fsp3) is 0.111. The SMILES string of the molecule is Nn1c(SCc2nc(-c3ccc(C(F)(F)F)cc3)no2)nnc1-c1ccc(Cl)cc1Cl. The maximum atomic E-state index is 12.7. The average molecular weight is 487 g/mol. The number of thioether (sulfide) groups is 1. The minimum Gasteiger partial charge on any atom is -0.338 e. The average Bonchev–Trinajstić information content (AvgIpc) is 3.33. The van der Waals surface area contributed by atoms with Crippen LogP contribution in [-0.4, -0.2) is 25.0 Å². The zero-order valence-electron chi connectivity index (χ0n) is 15.3. The summed E-state index contributed by atoms with van der Waals surface area (Å²) in [6.07, 6.45) is -4.41. The van der Waals surface area contributed by atoms with Crippen LogP contribution in [0.3, 0.4) is 0 Å². The third kappa shape index (κ3) is 4.63. The van der Waals surface area contributed by atoms with E-state index in [1.165, 1.54) is 28.6 Å². The Bertz CT molecular complexity index is 1230. The smallest absolute Gasteiger partial charge is 0.338 e. The van der Waals surface area contributed by atoms with Gasteiger partial charge in [0.2, 0.25) is 16.9 Å². The molecule has 0 spiro atoms. The van der Waals surface area contributed by atoms with Crippen molar-refractivity contribution in [2.75, 3.05) is 5.84 Å². The molecule has 2 aromatic carbocycles. The van der Waals surface area contributed by atoms with Crippen molar-refractivity contribution in [2.24, 2.45) is 0 Å². The molecule has 4 rings (SSSR count). The van der Waals surface area contributed by atoms with Crippen LogP contribution in [-0.2, 0) is 11.9 Å². The van der Waals surface area contributed by atoms with E-state index in [0.29, 0.717) is 32.2 Å². The van der Waals surface area contributed by atoms with Crippen molar-refractivity contribution >= 4 is 35.0 Å². The summed E-state index contributed by atoms with van der Waals surface area (Å²) in [5.41, 5.74) is 0.208. The molecule has 160 valence electrons. The minimum absolute atomic E-state index is 0.173. The molecule has 4 aromatic rings. The fourth-order valence-electron chi connectivity index (χ4n) is 2.60. The number of hydrogen-bond donors (Lipinski definition) is 1. The van der Waals surface area contributed by atoms with Crippen molar-refractivity contribution in [1.29, 1.82) is 0 Å². The summed E-state index contributed by atoms with van der Waals surface area (Å²) >= 11 is 13.3. The second kappa shape index (κ2) is 8.40. The van der Waals surface area contributed by atoms with Crippen LogP contribution in [0.2, 0.25) is 10.0 Å². The van der Waals surface area contributed by atoms with Gasteiger partial charge in [-0.1, -0.05) is 52.3 Å². The summed E-state index contributed by atoms with van der Waals surface area (Å²) < 4.78 is 44.5. The second-order valence-corrected chi connectivity index (χ2v) is 7.96. The summed E-state index contributed by atoms with van der Waals surface area (Å²) in [6, 6.07) is 9.39. The lowest BCUT2D eigenvalue weighted by atomic mass is 10.1. The van der Waals surface area contributed by atoms with E-state index < -0.39 is 11.7 Å². The highest BCUT2D eigenvalue weighted by molar-refractivity contribution is 7.98. The lowest BCUT2D eigenvalue weighted by Crippen LogP contribution is -2.11. The van der Waals surface area contributed by atoms with Crippen molar-refractivity contribution < 1.29 is 17.7 Å². The maximum absolute atomic E-state index is 12.7. The van der Waals surface area contributed by atoms with Crippen LogP contribution < -0.4 is 5.84 Å². The number of halogens is 5. The summed E-state index contributed by atoms with van der Waals surface area (Å²) in [6.45, 7) is 0. The normalized spacial score (nSPS) is 11.8. The van der Waals surface area contributed by atoms with Crippen LogP contribution in [0.15, 0.2) is 52.1 Å². The molecule has 2 N–H and O–H groups in total. The van der Waals surface area contributed by atoms with Crippen LogP contribution in [0.25, 0.3) is 22.8 Å². The zero-order valence-corrected chi connectivity index (χ0v) is 17.6. The highest BCUT2D eigenvalue weighted by atomic mass is 35.5. The van der Waals surface area contributed by atoms with Crippen molar-refractivity contribution in [1.82, 2.24) is 25.0 Å². The molecule has 0 atom stereocenters. The first kappa shape index (κ1) is 21.5. The Morgan fingerprint density at radius 2 is 1.81 bits per heavy atom. The number of benzene rings is 2. The molecular formula is C18H11Cl2F3N6OS. The molecule has 2 heterocycles. The second-order valence-electron chi connectivity index (χ2n) is 6.18. The molecule has 7 nitrogen and oxygen atoms in total. The summed E-state index contributed by atoms with van der Waals surface area (Å²) in [4.78, 5) is 4.19. The molecule has 0 saturated carbocycles. The summed E-state index contributed by atoms with van der Waals surface area (Å²) in [7, 11) is 0. The lowest BCUT2D eigenvalue weighted by molar-refractivity contribution is -0.137. The monoisotopic (exact) mass is 486 g/mol. The van der Waals surface area contributed by atoms with Gasteiger partial charge in [0.15, 0.2) is 5.82 Å². The molecule has 13 heteroatoms. The molecule has 0 amide bonds. The van der Waals surface area contributed by atoms with E-state index in [9.17, 15) is 13.2 Å². The van der Waals surface area contributed by atoms with E-state index in [1.807, 2.05) is 0 Å². The van der Waals surface area contributed by atoms with E-state index in [1.54, 1.807) is 18.2 Å². The zero-order chi connectivity index (χ0) is 22.2. The Hall–Kier alpha value is -2.76. The van der Waals surface area contributed by atoms with Crippen LogP contribution in [0.1, 0.15) is 11.5 Å². The van der Waals surface area contributed by atoms with Gasteiger partial charge in [-0.05, 0) is 30.3 Å². The predicted molar refractivity (Wildman–Crippen MR) is 110 cm³/mol. The third-order valence-electron chi connectivity index (χ3n) is 4.10. The Morgan fingerprint density at radius 1 is 1.06 bits per heavy atom. The van der Waals surface area contributed by atoms with E-state index in [4.69, 9.17) is 33.6 Å². The standard InChI is InChI=1S/C18H11Cl2F3N6OS/c19-11-5-6-12(13(20)7-11)16-26-27-17(29(16)24)31-8-14-25-15(28-30-14)9-1-3-10(4-2-9)18(21,22)23/h1-7H,8,24H2. The summed E-state index contributed by atoms with van der Waals surface area (Å²) in [5, 5.41) is 13.1. The van der Waals surface area contributed by atoms with Crippen molar-refractivity contribution in [3.05, 3.63) is 64.0 Å². The quantitative estimate of drug-likeness (QED) is 0.301. The van der Waals surface area contributed by atoms with Crippen molar-refractivity contribution in [3.8, 4) is 22.8 Å². The first-order chi connectivity index (χ1) is 14.7. The van der Waals surface area contributed by atoms with E-state index in [2.05, 4.69) is 20.3 Å². The molecule has 0 saturated heterocycles. The van der Waals surface area contributed by atoms with Crippen LogP contribution in [0, 0.1) is 0 Å². The van der Waals surface area contributed by atoms with Gasteiger partial charge in [0.25, 0.3) is 0 Å². The van der Waals surface area contributed by atoms with Gasteiger partial charge in [-0.25, -0.2) is 4.68 Å². The fourth-order valence-corrected chi connectivity index (χ4v) is 3.78. The van der Waals surface area contributed by atoms with E-state index in [-0.39, 0.29) is 17.5 Å². The number of aromatic nitrogens is 5. The molecule has 0 fully saturated rings. The molecule has 31 heavy (non-hydrogen) atoms. The van der Waals surface area contributed by atoms with Crippen LogP contribution in [0.4, 0.5) is 13.2 Å². The maximum Gasteiger partial charge on any atom is 0.416 e. The number of nitrogens with two attached hydrogens (primary N) is 1. The molecule has 0 radical (unpaired) electrons. The van der Waals surface area contributed by atoms with Crippen molar-refractivity contribution in [2.45, 2.75) is 17.1 Å². The van der Waals surface area contributed by atoms with Gasteiger partial charge < -0.3 is 10.4 Å². The van der Waals surface area contributed by atoms with Gasteiger partial charge in [-0.15, -0.1) is 10.2 Å². The highest BCUT2D eigenvalue weighted by Crippen LogP contribution is 2.32. The third-order valence-corrected chi connectivity index (χ3v) is 5.58. The lowest BCUT2D eigenvalue weighted by Gasteiger charge is -2.05. The number of nitrogen functional groups attached to an aromatic ring is 1. The Balaban J connectivity index is 1.46. The van der Waals surface area contributed by atoms with Gasteiger partial charge in [-0.3, -0.25) is 0 Å². The number of nitrogens with zero attached hydrogens (tertiary/aromatic N) is 5. The van der Waals surface area contributed by atoms with Gasteiger partial charge in [-0.2, -0.15) is 18.2 Å².